The number of carbonyl (C=O) groups is 1. The van der Waals surface area contributed by atoms with Crippen molar-refractivity contribution in [3.8, 4) is 5.75 Å². The molecule has 2 heteroatoms. The Bertz CT molecular complexity index is 429. The van der Waals surface area contributed by atoms with Crippen LogP contribution < -0.4 is 4.74 Å². The number of hydrogen-bond donors (Lipinski definition) is 0. The summed E-state index contributed by atoms with van der Waals surface area (Å²) >= 11 is 0. The fourth-order valence-electron chi connectivity index (χ4n) is 2.14. The molecule has 0 aromatic heterocycles. The van der Waals surface area contributed by atoms with Crippen molar-refractivity contribution in [2.75, 3.05) is 7.11 Å². The third kappa shape index (κ3) is 2.96. The number of carbonyl (C=O) groups excluding carboxylic acids is 1. The molecule has 0 heterocycles. The molecular weight excluding hydrogens is 212 g/mol. The zero-order valence-electron chi connectivity index (χ0n) is 10.4. The van der Waals surface area contributed by atoms with Gasteiger partial charge in [-0.3, -0.25) is 4.79 Å². The van der Waals surface area contributed by atoms with Gasteiger partial charge in [-0.15, -0.1) is 0 Å². The maximum atomic E-state index is 11.8. The second-order valence-electron chi connectivity index (χ2n) is 4.71. The lowest BCUT2D eigenvalue weighted by Crippen LogP contribution is -2.15. The van der Waals surface area contributed by atoms with E-state index in [0.29, 0.717) is 18.1 Å². The van der Waals surface area contributed by atoms with Crippen LogP contribution in [0.1, 0.15) is 31.7 Å². The normalized spacial score (nSPS) is 22.8. The minimum Gasteiger partial charge on any atom is -0.497 e. The van der Waals surface area contributed by atoms with Crippen molar-refractivity contribution >= 4 is 11.9 Å². The highest BCUT2D eigenvalue weighted by Crippen LogP contribution is 2.26. The number of benzene rings is 1. The lowest BCUT2D eigenvalue weighted by molar-refractivity contribution is -0.117. The first-order valence-corrected chi connectivity index (χ1v) is 6.07. The average molecular weight is 230 g/mol. The summed E-state index contributed by atoms with van der Waals surface area (Å²) in [5.41, 5.74) is 2.04. The van der Waals surface area contributed by atoms with Gasteiger partial charge in [0.2, 0.25) is 0 Å². The SMILES string of the molecule is COc1ccc(C=C2CCC(C)CC2=O)cc1. The maximum absolute atomic E-state index is 11.8. The maximum Gasteiger partial charge on any atom is 0.159 e. The first-order chi connectivity index (χ1) is 8.19. The molecule has 0 N–H and O–H groups in total. The summed E-state index contributed by atoms with van der Waals surface area (Å²) < 4.78 is 5.11. The number of Topliss-reactive ketones (excluding diaryl/α,β-unsaturated/α-hetero) is 1. The predicted octanol–water partition coefficient (Wildman–Crippen LogP) is 3.47. The Hall–Kier alpha value is -1.57. The molecule has 1 aliphatic rings. The van der Waals surface area contributed by atoms with Crippen molar-refractivity contribution < 1.29 is 9.53 Å². The van der Waals surface area contributed by atoms with Crippen molar-refractivity contribution in [2.24, 2.45) is 5.92 Å². The molecule has 1 fully saturated rings. The molecule has 0 radical (unpaired) electrons. The van der Waals surface area contributed by atoms with Crippen LogP contribution in [0, 0.1) is 5.92 Å². The highest BCUT2D eigenvalue weighted by Gasteiger charge is 2.20. The van der Waals surface area contributed by atoms with Gasteiger partial charge in [-0.25, -0.2) is 0 Å². The largest absolute Gasteiger partial charge is 0.497 e. The smallest absolute Gasteiger partial charge is 0.159 e. The molecule has 1 saturated carbocycles. The van der Waals surface area contributed by atoms with Crippen molar-refractivity contribution in [1.29, 1.82) is 0 Å². The van der Waals surface area contributed by atoms with Crippen LogP contribution in [-0.2, 0) is 4.79 Å². The van der Waals surface area contributed by atoms with Crippen LogP contribution in [0.15, 0.2) is 29.8 Å². The van der Waals surface area contributed by atoms with Gasteiger partial charge in [-0.1, -0.05) is 19.1 Å². The van der Waals surface area contributed by atoms with Crippen molar-refractivity contribution in [3.05, 3.63) is 35.4 Å². The molecule has 90 valence electrons. The summed E-state index contributed by atoms with van der Waals surface area (Å²) in [6.07, 6.45) is 4.73. The Morgan fingerprint density at radius 1 is 1.29 bits per heavy atom. The van der Waals surface area contributed by atoms with Crippen molar-refractivity contribution in [3.63, 3.8) is 0 Å². The van der Waals surface area contributed by atoms with Gasteiger partial charge >= 0.3 is 0 Å². The Balaban J connectivity index is 2.15. The lowest BCUT2D eigenvalue weighted by Gasteiger charge is -2.18. The molecule has 2 rings (SSSR count). The van der Waals surface area contributed by atoms with E-state index in [9.17, 15) is 4.79 Å². The van der Waals surface area contributed by atoms with Crippen molar-refractivity contribution in [2.45, 2.75) is 26.2 Å². The van der Waals surface area contributed by atoms with Crippen LogP contribution in [0.4, 0.5) is 0 Å². The Labute approximate surface area is 102 Å². The van der Waals surface area contributed by atoms with E-state index >= 15 is 0 Å². The zero-order valence-corrected chi connectivity index (χ0v) is 10.4. The number of hydrogen-bond acceptors (Lipinski definition) is 2. The highest BCUT2D eigenvalue weighted by atomic mass is 16.5. The molecule has 0 spiro atoms. The van der Waals surface area contributed by atoms with E-state index in [1.807, 2.05) is 30.3 Å². The van der Waals surface area contributed by atoms with Gasteiger partial charge in [0.05, 0.1) is 7.11 Å². The molecule has 0 saturated heterocycles. The number of rotatable bonds is 2. The first-order valence-electron chi connectivity index (χ1n) is 6.07. The van der Waals surface area contributed by atoms with Gasteiger partial charge in [-0.2, -0.15) is 0 Å². The van der Waals surface area contributed by atoms with Crippen LogP contribution in [0.25, 0.3) is 6.08 Å². The molecule has 1 atom stereocenters. The van der Waals surface area contributed by atoms with Gasteiger partial charge in [0.25, 0.3) is 0 Å². The summed E-state index contributed by atoms with van der Waals surface area (Å²) in [4.78, 5) is 11.8. The summed E-state index contributed by atoms with van der Waals surface area (Å²) in [5, 5.41) is 0. The molecule has 2 nitrogen and oxygen atoms in total. The fraction of sp³-hybridized carbons (Fsp3) is 0.400. The predicted molar refractivity (Wildman–Crippen MR) is 69.0 cm³/mol. The molecule has 1 aromatic rings. The number of allylic oxidation sites excluding steroid dienone is 1. The molecular formula is C15H18O2. The molecule has 1 aliphatic carbocycles. The van der Waals surface area contributed by atoms with E-state index in [0.717, 1.165) is 29.7 Å². The average Bonchev–Trinajstić information content (AvgIpc) is 2.34. The molecule has 0 amide bonds. The van der Waals surface area contributed by atoms with Gasteiger partial charge in [0.15, 0.2) is 5.78 Å². The Morgan fingerprint density at radius 2 is 2.00 bits per heavy atom. The number of ketones is 1. The van der Waals surface area contributed by atoms with E-state index < -0.39 is 0 Å². The second kappa shape index (κ2) is 5.17. The van der Waals surface area contributed by atoms with Gasteiger partial charge < -0.3 is 4.74 Å². The van der Waals surface area contributed by atoms with E-state index in [4.69, 9.17) is 4.74 Å². The Kier molecular flexibility index (Phi) is 3.62. The van der Waals surface area contributed by atoms with Crippen LogP contribution in [0.5, 0.6) is 5.75 Å². The lowest BCUT2D eigenvalue weighted by atomic mass is 9.85. The van der Waals surface area contributed by atoms with E-state index in [2.05, 4.69) is 6.92 Å². The molecule has 17 heavy (non-hydrogen) atoms. The standard InChI is InChI=1S/C15H18O2/c1-11-3-6-13(15(16)9-11)10-12-4-7-14(17-2)8-5-12/h4-5,7-8,10-11H,3,6,9H2,1-2H3. The third-order valence-corrected chi connectivity index (χ3v) is 3.26. The number of ether oxygens (including phenoxy) is 1. The van der Waals surface area contributed by atoms with Gasteiger partial charge in [0, 0.05) is 6.42 Å². The number of methoxy groups -OCH3 is 1. The van der Waals surface area contributed by atoms with Crippen LogP contribution in [0.3, 0.4) is 0 Å². The molecule has 0 bridgehead atoms. The van der Waals surface area contributed by atoms with Gasteiger partial charge in [0.1, 0.15) is 5.75 Å². The minimum absolute atomic E-state index is 0.305. The quantitative estimate of drug-likeness (QED) is 0.727. The zero-order chi connectivity index (χ0) is 12.3. The summed E-state index contributed by atoms with van der Waals surface area (Å²) in [6, 6.07) is 7.80. The minimum atomic E-state index is 0.305. The Morgan fingerprint density at radius 3 is 2.59 bits per heavy atom. The van der Waals surface area contributed by atoms with E-state index in [-0.39, 0.29) is 0 Å². The third-order valence-electron chi connectivity index (χ3n) is 3.26. The van der Waals surface area contributed by atoms with Gasteiger partial charge in [-0.05, 0) is 48.1 Å². The first kappa shape index (κ1) is 11.9. The molecule has 1 aromatic carbocycles. The summed E-state index contributed by atoms with van der Waals surface area (Å²) in [5.74, 6) is 1.69. The van der Waals surface area contributed by atoms with E-state index in [1.54, 1.807) is 7.11 Å². The second-order valence-corrected chi connectivity index (χ2v) is 4.71. The topological polar surface area (TPSA) is 26.3 Å². The van der Waals surface area contributed by atoms with E-state index in [1.165, 1.54) is 0 Å². The van der Waals surface area contributed by atoms with Crippen LogP contribution in [-0.4, -0.2) is 12.9 Å². The highest BCUT2D eigenvalue weighted by molar-refractivity contribution is 6.00. The fourth-order valence-corrected chi connectivity index (χ4v) is 2.14. The summed E-state index contributed by atoms with van der Waals surface area (Å²) in [6.45, 7) is 2.14. The molecule has 1 unspecified atom stereocenters. The van der Waals surface area contributed by atoms with Crippen molar-refractivity contribution in [1.82, 2.24) is 0 Å². The van der Waals surface area contributed by atoms with Crippen LogP contribution >= 0.6 is 0 Å². The molecule has 0 aliphatic heterocycles. The van der Waals surface area contributed by atoms with Crippen LogP contribution in [0.2, 0.25) is 0 Å². The summed E-state index contributed by atoms with van der Waals surface area (Å²) in [7, 11) is 1.65. The monoisotopic (exact) mass is 230 g/mol.